The third kappa shape index (κ3) is 6.53. The first-order valence-electron chi connectivity index (χ1n) is 9.91. The topological polar surface area (TPSA) is 92.8 Å². The van der Waals surface area contributed by atoms with Crippen LogP contribution in [0.25, 0.3) is 0 Å². The Hall–Kier alpha value is -2.42. The van der Waals surface area contributed by atoms with Crippen molar-refractivity contribution in [1.29, 1.82) is 0 Å². The lowest BCUT2D eigenvalue weighted by atomic mass is 10.1. The van der Waals surface area contributed by atoms with E-state index in [1.54, 1.807) is 26.0 Å². The highest BCUT2D eigenvalue weighted by Crippen LogP contribution is 2.18. The van der Waals surface area contributed by atoms with E-state index in [-0.39, 0.29) is 4.90 Å². The Labute approximate surface area is 188 Å². The molecule has 2 rings (SSSR count). The number of nitrogens with one attached hydrogen (secondary N) is 1. The molecule has 7 nitrogen and oxygen atoms in total. The molecule has 1 amide bonds. The van der Waals surface area contributed by atoms with Crippen molar-refractivity contribution in [3.8, 4) is 0 Å². The lowest BCUT2D eigenvalue weighted by molar-refractivity contribution is -0.156. The Morgan fingerprint density at radius 3 is 2.13 bits per heavy atom. The molecule has 2 atom stereocenters. The van der Waals surface area contributed by atoms with Gasteiger partial charge in [-0.05, 0) is 56.2 Å². The van der Waals surface area contributed by atoms with E-state index in [4.69, 9.17) is 16.3 Å². The van der Waals surface area contributed by atoms with Crippen molar-refractivity contribution in [2.24, 2.45) is 5.92 Å². The molecule has 0 bridgehead atoms. The van der Waals surface area contributed by atoms with Gasteiger partial charge in [-0.25, -0.2) is 8.42 Å². The smallest absolute Gasteiger partial charge is 0.325 e. The number of benzene rings is 2. The molecule has 0 unspecified atom stereocenters. The summed E-state index contributed by atoms with van der Waals surface area (Å²) in [5.41, 5.74) is 0.682. The maximum Gasteiger partial charge on any atom is 0.325 e. The summed E-state index contributed by atoms with van der Waals surface area (Å²) in [5.74, 6) is -1.63. The number of carbonyl (C=O) groups excluding carboxylic acids is 2. The molecule has 0 saturated heterocycles. The third-order valence-corrected chi connectivity index (χ3v) is 6.33. The Bertz CT molecular complexity index is 994. The molecule has 0 aliphatic heterocycles. The number of sulfonamides is 1. The normalized spacial score (nSPS) is 13.5. The monoisotopic (exact) mass is 466 g/mol. The van der Waals surface area contributed by atoms with Crippen molar-refractivity contribution in [1.82, 2.24) is 4.72 Å². The number of hydrogen-bond donors (Lipinski definition) is 1. The molecule has 0 saturated carbocycles. The molecule has 2 aromatic carbocycles. The number of anilines is 1. The van der Waals surface area contributed by atoms with Crippen molar-refractivity contribution in [3.05, 3.63) is 59.6 Å². The lowest BCUT2D eigenvalue weighted by Gasteiger charge is -2.26. The van der Waals surface area contributed by atoms with Gasteiger partial charge in [-0.3, -0.25) is 9.59 Å². The van der Waals surface area contributed by atoms with E-state index in [0.717, 1.165) is 0 Å². The molecule has 168 valence electrons. The minimum atomic E-state index is -3.99. The fourth-order valence-electron chi connectivity index (χ4n) is 2.90. The zero-order chi connectivity index (χ0) is 23.2. The van der Waals surface area contributed by atoms with Crippen molar-refractivity contribution in [2.75, 3.05) is 11.4 Å². The minimum absolute atomic E-state index is 0.0271. The van der Waals surface area contributed by atoms with Gasteiger partial charge in [0.05, 0.1) is 4.90 Å². The number of rotatable bonds is 9. The molecule has 31 heavy (non-hydrogen) atoms. The second-order valence-corrected chi connectivity index (χ2v) is 9.44. The van der Waals surface area contributed by atoms with Crippen LogP contribution in [0.4, 0.5) is 5.69 Å². The fraction of sp³-hybridized carbons (Fsp3) is 0.364. The maximum atomic E-state index is 12.8. The summed E-state index contributed by atoms with van der Waals surface area (Å²) >= 11 is 5.81. The van der Waals surface area contributed by atoms with E-state index in [1.807, 2.05) is 25.1 Å². The van der Waals surface area contributed by atoms with Gasteiger partial charge in [0.2, 0.25) is 10.0 Å². The summed E-state index contributed by atoms with van der Waals surface area (Å²) in [6, 6.07) is 13.4. The van der Waals surface area contributed by atoms with Gasteiger partial charge in [0.15, 0.2) is 6.10 Å². The summed E-state index contributed by atoms with van der Waals surface area (Å²) in [7, 11) is -3.99. The number of ether oxygens (including phenoxy) is 1. The largest absolute Gasteiger partial charge is 0.451 e. The van der Waals surface area contributed by atoms with Crippen LogP contribution >= 0.6 is 11.6 Å². The number of hydrogen-bond acceptors (Lipinski definition) is 5. The van der Waals surface area contributed by atoms with Gasteiger partial charge >= 0.3 is 5.97 Å². The highest BCUT2D eigenvalue weighted by atomic mass is 35.5. The van der Waals surface area contributed by atoms with Crippen molar-refractivity contribution >= 4 is 39.2 Å². The van der Waals surface area contributed by atoms with E-state index in [2.05, 4.69) is 4.72 Å². The number of likely N-dealkylation sites (N-methyl/N-ethyl adjacent to an activating group) is 1. The van der Waals surface area contributed by atoms with Gasteiger partial charge in [-0.2, -0.15) is 4.72 Å². The SMILES string of the molecule is CCN(C(=O)[C@H](C)OC(=O)[C@@H](NS(=O)(=O)c1ccc(Cl)cc1)C(C)C)c1ccccc1. The molecule has 1 N–H and O–H groups in total. The van der Waals surface area contributed by atoms with Gasteiger partial charge < -0.3 is 9.64 Å². The Morgan fingerprint density at radius 2 is 1.61 bits per heavy atom. The van der Waals surface area contributed by atoms with Crippen molar-refractivity contribution in [2.45, 2.75) is 44.7 Å². The van der Waals surface area contributed by atoms with Crippen LogP contribution in [0.3, 0.4) is 0 Å². The number of para-hydroxylation sites is 1. The molecule has 0 aliphatic rings. The Morgan fingerprint density at radius 1 is 1.03 bits per heavy atom. The third-order valence-electron chi connectivity index (χ3n) is 4.62. The first-order chi connectivity index (χ1) is 14.6. The molecular weight excluding hydrogens is 440 g/mol. The molecule has 0 radical (unpaired) electrons. The average molecular weight is 467 g/mol. The van der Waals surface area contributed by atoms with Crippen LogP contribution < -0.4 is 9.62 Å². The number of carbonyl (C=O) groups is 2. The molecule has 0 fully saturated rings. The van der Waals surface area contributed by atoms with Crippen LogP contribution in [0.2, 0.25) is 5.02 Å². The summed E-state index contributed by atoms with van der Waals surface area (Å²) < 4.78 is 33.1. The van der Waals surface area contributed by atoms with Gasteiger partial charge in [-0.1, -0.05) is 43.6 Å². The fourth-order valence-corrected chi connectivity index (χ4v) is 4.36. The van der Waals surface area contributed by atoms with E-state index in [1.165, 1.54) is 36.1 Å². The second kappa shape index (κ2) is 10.7. The Balaban J connectivity index is 2.14. The first-order valence-corrected chi connectivity index (χ1v) is 11.8. The maximum absolute atomic E-state index is 12.8. The predicted molar refractivity (Wildman–Crippen MR) is 120 cm³/mol. The Kier molecular flexibility index (Phi) is 8.61. The van der Waals surface area contributed by atoms with Gasteiger partial charge in [-0.15, -0.1) is 0 Å². The molecule has 0 heterocycles. The van der Waals surface area contributed by atoms with Gasteiger partial charge in [0.1, 0.15) is 6.04 Å². The van der Waals surface area contributed by atoms with Crippen molar-refractivity contribution in [3.63, 3.8) is 0 Å². The van der Waals surface area contributed by atoms with Crippen molar-refractivity contribution < 1.29 is 22.7 Å². The standard InChI is InChI=1S/C22H27ClN2O5S/c1-5-25(18-9-7-6-8-10-18)21(26)16(4)30-22(27)20(15(2)3)24-31(28,29)19-13-11-17(23)12-14-19/h6-16,20,24H,5H2,1-4H3/t16-,20-/m0/s1. The van der Waals surface area contributed by atoms with E-state index >= 15 is 0 Å². The summed E-state index contributed by atoms with van der Waals surface area (Å²) in [6.07, 6.45) is -1.09. The highest BCUT2D eigenvalue weighted by Gasteiger charge is 2.33. The average Bonchev–Trinajstić information content (AvgIpc) is 2.73. The number of nitrogens with zero attached hydrogens (tertiary/aromatic N) is 1. The zero-order valence-electron chi connectivity index (χ0n) is 17.9. The minimum Gasteiger partial charge on any atom is -0.451 e. The second-order valence-electron chi connectivity index (χ2n) is 7.29. The molecular formula is C22H27ClN2O5S. The van der Waals surface area contributed by atoms with Crippen LogP contribution in [-0.4, -0.2) is 39.0 Å². The van der Waals surface area contributed by atoms with Crippen LogP contribution in [-0.2, 0) is 24.3 Å². The predicted octanol–water partition coefficient (Wildman–Crippen LogP) is 3.63. The number of esters is 1. The summed E-state index contributed by atoms with van der Waals surface area (Å²) in [5, 5.41) is 0.394. The summed E-state index contributed by atoms with van der Waals surface area (Å²) in [4.78, 5) is 27.1. The molecule has 0 aromatic heterocycles. The van der Waals surface area contributed by atoms with E-state index < -0.39 is 40.0 Å². The zero-order valence-corrected chi connectivity index (χ0v) is 19.5. The molecule has 2 aromatic rings. The van der Waals surface area contributed by atoms with E-state index in [0.29, 0.717) is 17.3 Å². The molecule has 0 spiro atoms. The highest BCUT2D eigenvalue weighted by molar-refractivity contribution is 7.89. The summed E-state index contributed by atoms with van der Waals surface area (Å²) in [6.45, 7) is 7.05. The van der Waals surface area contributed by atoms with Gasteiger partial charge in [0, 0.05) is 17.3 Å². The molecule has 0 aliphatic carbocycles. The van der Waals surface area contributed by atoms with E-state index in [9.17, 15) is 18.0 Å². The van der Waals surface area contributed by atoms with Gasteiger partial charge in [0.25, 0.3) is 5.91 Å². The lowest BCUT2D eigenvalue weighted by Crippen LogP contribution is -2.48. The number of halogens is 1. The first kappa shape index (κ1) is 24.8. The number of amides is 1. The molecule has 9 heteroatoms. The quantitative estimate of drug-likeness (QED) is 0.569. The van der Waals surface area contributed by atoms with Crippen LogP contribution in [0, 0.1) is 5.92 Å². The van der Waals surface area contributed by atoms with Crippen LogP contribution in [0.1, 0.15) is 27.7 Å². The van der Waals surface area contributed by atoms with Crippen LogP contribution in [0.5, 0.6) is 0 Å². The van der Waals surface area contributed by atoms with Crippen LogP contribution in [0.15, 0.2) is 59.5 Å².